The molecule has 15 heavy (non-hydrogen) atoms. The standard InChI is InChI=1S/C9H16N2O3S/c1-7(2)8(12)14-5-3-10-9(13)11-4-6-15/h15H,1,3-6H2,2H3,(H2,10,11,13). The number of nitrogens with one attached hydrogen (secondary N) is 2. The molecule has 0 aliphatic heterocycles. The number of rotatable bonds is 6. The Kier molecular flexibility index (Phi) is 7.53. The molecular weight excluding hydrogens is 216 g/mol. The number of thiol groups is 1. The van der Waals surface area contributed by atoms with Crippen molar-refractivity contribution >= 4 is 24.6 Å². The summed E-state index contributed by atoms with van der Waals surface area (Å²) in [6.07, 6.45) is 0. The summed E-state index contributed by atoms with van der Waals surface area (Å²) in [5.74, 6) is 0.130. The second kappa shape index (κ2) is 8.16. The average Bonchev–Trinajstić information content (AvgIpc) is 2.20. The maximum Gasteiger partial charge on any atom is 0.333 e. The van der Waals surface area contributed by atoms with Crippen LogP contribution >= 0.6 is 12.6 Å². The van der Waals surface area contributed by atoms with Gasteiger partial charge in [-0.05, 0) is 6.92 Å². The Bertz CT molecular complexity index is 244. The average molecular weight is 232 g/mol. The summed E-state index contributed by atoms with van der Waals surface area (Å²) in [5, 5.41) is 5.08. The van der Waals surface area contributed by atoms with E-state index in [1.165, 1.54) is 0 Å². The second-order valence-corrected chi connectivity index (χ2v) is 3.27. The summed E-state index contributed by atoms with van der Waals surface area (Å²) < 4.78 is 4.76. The monoisotopic (exact) mass is 232 g/mol. The molecule has 0 aromatic rings. The quantitative estimate of drug-likeness (QED) is 0.268. The van der Waals surface area contributed by atoms with Crippen molar-refractivity contribution in [2.45, 2.75) is 6.92 Å². The lowest BCUT2D eigenvalue weighted by molar-refractivity contribution is -0.138. The molecule has 0 fully saturated rings. The van der Waals surface area contributed by atoms with Crippen molar-refractivity contribution in [2.75, 3.05) is 25.4 Å². The predicted octanol–water partition coefficient (Wildman–Crippen LogP) is 0.335. The van der Waals surface area contributed by atoms with Crippen LogP contribution in [0.1, 0.15) is 6.92 Å². The fraction of sp³-hybridized carbons (Fsp3) is 0.556. The van der Waals surface area contributed by atoms with Gasteiger partial charge in [-0.15, -0.1) is 0 Å². The highest BCUT2D eigenvalue weighted by atomic mass is 32.1. The van der Waals surface area contributed by atoms with E-state index in [1.807, 2.05) is 0 Å². The van der Waals surface area contributed by atoms with Crippen molar-refractivity contribution in [1.29, 1.82) is 0 Å². The lowest BCUT2D eigenvalue weighted by Gasteiger charge is -2.07. The highest BCUT2D eigenvalue weighted by molar-refractivity contribution is 7.80. The Labute approximate surface area is 94.7 Å². The van der Waals surface area contributed by atoms with Crippen LogP contribution in [-0.4, -0.2) is 37.4 Å². The first-order chi connectivity index (χ1) is 7.07. The molecule has 0 saturated carbocycles. The lowest BCUT2D eigenvalue weighted by Crippen LogP contribution is -2.38. The van der Waals surface area contributed by atoms with Crippen LogP contribution < -0.4 is 10.6 Å². The van der Waals surface area contributed by atoms with Gasteiger partial charge in [0.05, 0.1) is 6.54 Å². The van der Waals surface area contributed by atoms with Crippen LogP contribution in [0, 0.1) is 0 Å². The minimum Gasteiger partial charge on any atom is -0.460 e. The maximum atomic E-state index is 11.0. The minimum absolute atomic E-state index is 0.139. The lowest BCUT2D eigenvalue weighted by atomic mass is 10.4. The molecule has 0 aromatic carbocycles. The van der Waals surface area contributed by atoms with Gasteiger partial charge in [0.2, 0.25) is 0 Å². The number of urea groups is 1. The summed E-state index contributed by atoms with van der Waals surface area (Å²) in [4.78, 5) is 21.9. The van der Waals surface area contributed by atoms with Crippen molar-refractivity contribution in [3.05, 3.63) is 12.2 Å². The largest absolute Gasteiger partial charge is 0.460 e. The van der Waals surface area contributed by atoms with Crippen LogP contribution in [0.4, 0.5) is 4.79 Å². The molecule has 0 bridgehead atoms. The van der Waals surface area contributed by atoms with E-state index >= 15 is 0 Å². The van der Waals surface area contributed by atoms with Gasteiger partial charge in [0.1, 0.15) is 6.61 Å². The fourth-order valence-corrected chi connectivity index (χ4v) is 0.775. The summed E-state index contributed by atoms with van der Waals surface area (Å²) in [7, 11) is 0. The molecule has 2 N–H and O–H groups in total. The van der Waals surface area contributed by atoms with E-state index in [4.69, 9.17) is 4.74 Å². The first-order valence-corrected chi connectivity index (χ1v) is 5.16. The SMILES string of the molecule is C=C(C)C(=O)OCCNC(=O)NCCS. The first-order valence-electron chi connectivity index (χ1n) is 4.53. The Morgan fingerprint density at radius 1 is 1.33 bits per heavy atom. The van der Waals surface area contributed by atoms with Gasteiger partial charge in [-0.3, -0.25) is 0 Å². The van der Waals surface area contributed by atoms with Crippen LogP contribution in [0.15, 0.2) is 12.2 Å². The van der Waals surface area contributed by atoms with Crippen LogP contribution in [-0.2, 0) is 9.53 Å². The smallest absolute Gasteiger partial charge is 0.333 e. The number of amides is 2. The first kappa shape index (κ1) is 13.8. The summed E-state index contributed by atoms with van der Waals surface area (Å²) in [6, 6.07) is -0.296. The summed E-state index contributed by atoms with van der Waals surface area (Å²) >= 11 is 3.93. The number of hydrogen-bond donors (Lipinski definition) is 3. The molecule has 0 radical (unpaired) electrons. The molecule has 0 rings (SSSR count). The maximum absolute atomic E-state index is 11.0. The Morgan fingerprint density at radius 3 is 2.47 bits per heavy atom. The number of hydrogen-bond acceptors (Lipinski definition) is 4. The van der Waals surface area contributed by atoms with E-state index in [1.54, 1.807) is 6.92 Å². The van der Waals surface area contributed by atoms with Gasteiger partial charge in [0.15, 0.2) is 0 Å². The Morgan fingerprint density at radius 2 is 1.93 bits per heavy atom. The van der Waals surface area contributed by atoms with Gasteiger partial charge in [0.25, 0.3) is 0 Å². The van der Waals surface area contributed by atoms with Crippen LogP contribution in [0.5, 0.6) is 0 Å². The normalized spacial score (nSPS) is 9.20. The number of esters is 1. The van der Waals surface area contributed by atoms with E-state index in [9.17, 15) is 9.59 Å². The molecule has 0 atom stereocenters. The topological polar surface area (TPSA) is 67.4 Å². The van der Waals surface area contributed by atoms with Gasteiger partial charge < -0.3 is 15.4 Å². The third kappa shape index (κ3) is 7.87. The Balaban J connectivity index is 3.42. The van der Waals surface area contributed by atoms with Crippen LogP contribution in [0.3, 0.4) is 0 Å². The van der Waals surface area contributed by atoms with Gasteiger partial charge in [-0.25, -0.2) is 9.59 Å². The second-order valence-electron chi connectivity index (χ2n) is 2.82. The molecule has 0 unspecified atom stereocenters. The van der Waals surface area contributed by atoms with E-state index in [-0.39, 0.29) is 19.2 Å². The Hall–Kier alpha value is -1.17. The van der Waals surface area contributed by atoms with E-state index in [0.29, 0.717) is 17.9 Å². The third-order valence-electron chi connectivity index (χ3n) is 1.37. The molecule has 0 aliphatic carbocycles. The molecule has 5 nitrogen and oxygen atoms in total. The number of ether oxygens (including phenoxy) is 1. The highest BCUT2D eigenvalue weighted by Gasteiger charge is 2.02. The fourth-order valence-electron chi connectivity index (χ4n) is 0.663. The van der Waals surface area contributed by atoms with Gasteiger partial charge in [-0.2, -0.15) is 12.6 Å². The molecule has 86 valence electrons. The van der Waals surface area contributed by atoms with Crippen molar-refractivity contribution < 1.29 is 14.3 Å². The van der Waals surface area contributed by atoms with Crippen LogP contribution in [0.2, 0.25) is 0 Å². The molecule has 0 spiro atoms. The minimum atomic E-state index is -0.451. The van der Waals surface area contributed by atoms with Gasteiger partial charge in [0, 0.05) is 17.9 Å². The van der Waals surface area contributed by atoms with Crippen molar-refractivity contribution in [3.8, 4) is 0 Å². The predicted molar refractivity (Wildman–Crippen MR) is 61.0 cm³/mol. The van der Waals surface area contributed by atoms with Crippen LogP contribution in [0.25, 0.3) is 0 Å². The molecular formula is C9H16N2O3S. The van der Waals surface area contributed by atoms with Crippen molar-refractivity contribution in [1.82, 2.24) is 10.6 Å². The molecule has 0 saturated heterocycles. The van der Waals surface area contributed by atoms with Gasteiger partial charge in [-0.1, -0.05) is 6.58 Å². The van der Waals surface area contributed by atoms with E-state index < -0.39 is 5.97 Å². The van der Waals surface area contributed by atoms with E-state index in [0.717, 1.165) is 0 Å². The molecule has 6 heteroatoms. The summed E-state index contributed by atoms with van der Waals surface area (Å²) in [5.41, 5.74) is 0.342. The molecule has 2 amide bonds. The number of carbonyl (C=O) groups excluding carboxylic acids is 2. The third-order valence-corrected chi connectivity index (χ3v) is 1.59. The summed E-state index contributed by atoms with van der Waals surface area (Å²) in [6.45, 7) is 5.91. The number of carbonyl (C=O) groups is 2. The van der Waals surface area contributed by atoms with Gasteiger partial charge >= 0.3 is 12.0 Å². The highest BCUT2D eigenvalue weighted by Crippen LogP contribution is 1.90. The van der Waals surface area contributed by atoms with Crippen molar-refractivity contribution in [2.24, 2.45) is 0 Å². The molecule has 0 aliphatic rings. The zero-order chi connectivity index (χ0) is 11.7. The zero-order valence-electron chi connectivity index (χ0n) is 8.71. The molecule has 0 heterocycles. The zero-order valence-corrected chi connectivity index (χ0v) is 9.60. The molecule has 0 aromatic heterocycles. The van der Waals surface area contributed by atoms with E-state index in [2.05, 4.69) is 29.8 Å². The van der Waals surface area contributed by atoms with Crippen molar-refractivity contribution in [3.63, 3.8) is 0 Å².